The number of allylic oxidation sites excluding steroid dienone is 1. The van der Waals surface area contributed by atoms with E-state index in [9.17, 15) is 0 Å². The van der Waals surface area contributed by atoms with Gasteiger partial charge in [-0.05, 0) is 79.7 Å². The van der Waals surface area contributed by atoms with E-state index in [2.05, 4.69) is 6.58 Å². The van der Waals surface area contributed by atoms with Crippen LogP contribution in [0.5, 0.6) is 23.0 Å². The predicted octanol–water partition coefficient (Wildman–Crippen LogP) is 8.03. The molecule has 0 saturated heterocycles. The summed E-state index contributed by atoms with van der Waals surface area (Å²) < 4.78 is 11.5. The summed E-state index contributed by atoms with van der Waals surface area (Å²) in [6.45, 7) is 19.5. The van der Waals surface area contributed by atoms with Gasteiger partial charge in [-0.2, -0.15) is 0 Å². The van der Waals surface area contributed by atoms with E-state index in [0.717, 1.165) is 5.75 Å². The fourth-order valence-electron chi connectivity index (χ4n) is 1.81. The first kappa shape index (κ1) is 28.0. The Hall–Kier alpha value is -2.04. The average Bonchev–Trinajstić information content (AvgIpc) is 2.51. The van der Waals surface area contributed by atoms with E-state index in [4.69, 9.17) is 42.9 Å². The summed E-state index contributed by atoms with van der Waals surface area (Å²) in [5, 5.41) is 18.3. The quantitative estimate of drug-likeness (QED) is 0.354. The standard InChI is InChI=1S/C14H21ClO2.C6H5ClO2.C4H8/c1-13(2,3)16-10-7-8-12(11(15)9-10)17-14(4,5)6;7-5-3-4(8)1-2-6(5)9;1-4(2)3/h7-9H,1-6H3;1-3,8-9H;1H2,2-3H3. The molecule has 2 rings (SSSR count). The van der Waals surface area contributed by atoms with Gasteiger partial charge in [0.1, 0.15) is 34.2 Å². The molecule has 168 valence electrons. The third-order valence-electron chi connectivity index (χ3n) is 2.67. The number of phenols is 2. The normalized spacial score (nSPS) is 10.7. The van der Waals surface area contributed by atoms with E-state index in [1.165, 1.54) is 23.8 Å². The van der Waals surface area contributed by atoms with Gasteiger partial charge in [-0.15, -0.1) is 6.58 Å². The van der Waals surface area contributed by atoms with Crippen LogP contribution in [-0.4, -0.2) is 21.4 Å². The van der Waals surface area contributed by atoms with Crippen LogP contribution in [0.15, 0.2) is 48.6 Å². The van der Waals surface area contributed by atoms with Gasteiger partial charge in [0.2, 0.25) is 0 Å². The van der Waals surface area contributed by atoms with Gasteiger partial charge >= 0.3 is 0 Å². The van der Waals surface area contributed by atoms with Gasteiger partial charge in [0.05, 0.1) is 10.0 Å². The number of hydrogen-bond donors (Lipinski definition) is 2. The molecule has 2 N–H and O–H groups in total. The largest absolute Gasteiger partial charge is 0.508 e. The number of hydrogen-bond acceptors (Lipinski definition) is 4. The molecule has 0 aliphatic rings. The number of halogens is 2. The van der Waals surface area contributed by atoms with Crippen LogP contribution in [-0.2, 0) is 0 Å². The maximum atomic E-state index is 8.80. The number of rotatable bonds is 2. The minimum absolute atomic E-state index is 0.0190. The van der Waals surface area contributed by atoms with E-state index < -0.39 is 0 Å². The molecular weight excluding hydrogens is 423 g/mol. The van der Waals surface area contributed by atoms with Crippen LogP contribution in [0, 0.1) is 0 Å². The molecule has 0 amide bonds. The zero-order valence-electron chi connectivity index (χ0n) is 19.1. The Morgan fingerprint density at radius 2 is 1.30 bits per heavy atom. The summed E-state index contributed by atoms with van der Waals surface area (Å²) in [6, 6.07) is 9.47. The monoisotopic (exact) mass is 456 g/mol. The molecular formula is C24H34Cl2O4. The second kappa shape index (κ2) is 12.0. The van der Waals surface area contributed by atoms with E-state index in [1.807, 2.05) is 67.5 Å². The van der Waals surface area contributed by atoms with Gasteiger partial charge in [0, 0.05) is 12.1 Å². The minimum atomic E-state index is -0.254. The number of phenolic OH excluding ortho intramolecular Hbond substituents is 2. The number of benzene rings is 2. The van der Waals surface area contributed by atoms with Gasteiger partial charge in [0.15, 0.2) is 0 Å². The van der Waals surface area contributed by atoms with Gasteiger partial charge in [-0.1, -0.05) is 28.8 Å². The first-order chi connectivity index (χ1) is 13.5. The summed E-state index contributed by atoms with van der Waals surface area (Å²) in [4.78, 5) is 0. The molecule has 0 spiro atoms. The van der Waals surface area contributed by atoms with E-state index in [1.54, 1.807) is 6.07 Å². The average molecular weight is 457 g/mol. The van der Waals surface area contributed by atoms with Crippen LogP contribution < -0.4 is 9.47 Å². The van der Waals surface area contributed by atoms with Crippen molar-refractivity contribution in [2.24, 2.45) is 0 Å². The molecule has 0 radical (unpaired) electrons. The van der Waals surface area contributed by atoms with E-state index in [0.29, 0.717) is 10.8 Å². The number of aromatic hydroxyl groups is 2. The van der Waals surface area contributed by atoms with Crippen molar-refractivity contribution in [2.45, 2.75) is 66.6 Å². The molecule has 0 aliphatic heterocycles. The third-order valence-corrected chi connectivity index (χ3v) is 3.27. The predicted molar refractivity (Wildman–Crippen MR) is 127 cm³/mol. The first-order valence-corrected chi connectivity index (χ1v) is 10.2. The molecule has 0 bridgehead atoms. The van der Waals surface area contributed by atoms with Crippen molar-refractivity contribution < 1.29 is 19.7 Å². The Balaban J connectivity index is 0.000000537. The summed E-state index contributed by atoms with van der Waals surface area (Å²) in [5.41, 5.74) is 0.686. The second-order valence-electron chi connectivity index (χ2n) is 8.86. The maximum absolute atomic E-state index is 8.80. The second-order valence-corrected chi connectivity index (χ2v) is 9.68. The fourth-order valence-corrected chi connectivity index (χ4v) is 2.19. The van der Waals surface area contributed by atoms with Crippen molar-refractivity contribution in [1.29, 1.82) is 0 Å². The Morgan fingerprint density at radius 1 is 0.800 bits per heavy atom. The highest BCUT2D eigenvalue weighted by Crippen LogP contribution is 2.32. The molecule has 0 saturated carbocycles. The van der Waals surface area contributed by atoms with Crippen LogP contribution in [0.1, 0.15) is 55.4 Å². The first-order valence-electron chi connectivity index (χ1n) is 9.47. The summed E-state index contributed by atoms with van der Waals surface area (Å²) in [6.07, 6.45) is 0. The molecule has 0 atom stereocenters. The van der Waals surface area contributed by atoms with Gasteiger partial charge in [0.25, 0.3) is 0 Å². The van der Waals surface area contributed by atoms with E-state index in [-0.39, 0.29) is 27.7 Å². The smallest absolute Gasteiger partial charge is 0.138 e. The fraction of sp³-hybridized carbons (Fsp3) is 0.417. The summed E-state index contributed by atoms with van der Waals surface area (Å²) in [7, 11) is 0. The van der Waals surface area contributed by atoms with Crippen molar-refractivity contribution >= 4 is 23.2 Å². The van der Waals surface area contributed by atoms with Crippen molar-refractivity contribution in [2.75, 3.05) is 0 Å². The van der Waals surface area contributed by atoms with Crippen molar-refractivity contribution in [3.8, 4) is 23.0 Å². The Bertz CT molecular complexity index is 815. The highest BCUT2D eigenvalue weighted by atomic mass is 35.5. The van der Waals surface area contributed by atoms with Crippen molar-refractivity contribution in [3.63, 3.8) is 0 Å². The molecule has 0 heterocycles. The lowest BCUT2D eigenvalue weighted by Gasteiger charge is -2.24. The zero-order chi connectivity index (χ0) is 23.7. The Morgan fingerprint density at radius 3 is 1.67 bits per heavy atom. The summed E-state index contributed by atoms with van der Waals surface area (Å²) >= 11 is 11.6. The highest BCUT2D eigenvalue weighted by Gasteiger charge is 2.16. The van der Waals surface area contributed by atoms with E-state index >= 15 is 0 Å². The zero-order valence-corrected chi connectivity index (χ0v) is 20.6. The van der Waals surface area contributed by atoms with Crippen LogP contribution in [0.4, 0.5) is 0 Å². The van der Waals surface area contributed by atoms with Gasteiger partial charge < -0.3 is 19.7 Å². The van der Waals surface area contributed by atoms with Crippen molar-refractivity contribution in [1.82, 2.24) is 0 Å². The highest BCUT2D eigenvalue weighted by molar-refractivity contribution is 6.32. The molecule has 6 heteroatoms. The van der Waals surface area contributed by atoms with Crippen LogP contribution in [0.3, 0.4) is 0 Å². The molecule has 30 heavy (non-hydrogen) atoms. The SMILES string of the molecule is C=C(C)C.CC(C)(C)Oc1ccc(OC(C)(C)C)c(Cl)c1.Oc1ccc(O)c(Cl)c1. The molecule has 4 nitrogen and oxygen atoms in total. The van der Waals surface area contributed by atoms with Crippen molar-refractivity contribution in [3.05, 3.63) is 58.6 Å². The topological polar surface area (TPSA) is 58.9 Å². The van der Waals surface area contributed by atoms with Gasteiger partial charge in [-0.3, -0.25) is 0 Å². The molecule has 2 aromatic rings. The molecule has 0 aliphatic carbocycles. The Kier molecular flexibility index (Phi) is 11.2. The molecule has 0 aromatic heterocycles. The van der Waals surface area contributed by atoms with Gasteiger partial charge in [-0.25, -0.2) is 0 Å². The van der Waals surface area contributed by atoms with Crippen LogP contribution >= 0.6 is 23.2 Å². The maximum Gasteiger partial charge on any atom is 0.138 e. The lowest BCUT2D eigenvalue weighted by molar-refractivity contribution is 0.125. The van der Waals surface area contributed by atoms with Crippen LogP contribution in [0.25, 0.3) is 0 Å². The minimum Gasteiger partial charge on any atom is -0.508 e. The number of ether oxygens (including phenoxy) is 2. The lowest BCUT2D eigenvalue weighted by Crippen LogP contribution is -2.24. The molecule has 0 unspecified atom stereocenters. The summed E-state index contributed by atoms with van der Waals surface area (Å²) in [5.74, 6) is 1.47. The van der Waals surface area contributed by atoms with Crippen LogP contribution in [0.2, 0.25) is 10.0 Å². The molecule has 0 fully saturated rings. The molecule has 2 aromatic carbocycles. The lowest BCUT2D eigenvalue weighted by atomic mass is 10.2. The third kappa shape index (κ3) is 14.0. The Labute approximate surface area is 191 Å².